The van der Waals surface area contributed by atoms with Crippen molar-refractivity contribution in [3.8, 4) is 0 Å². The molecule has 1 saturated heterocycles. The number of nitrogen functional groups attached to an aromatic ring is 1. The lowest BCUT2D eigenvalue weighted by atomic mass is 10.2. The first kappa shape index (κ1) is 20.3. The number of aromatic nitrogens is 3. The lowest BCUT2D eigenvalue weighted by molar-refractivity contribution is 0.258. The normalized spacial score (nSPS) is 15.2. The lowest BCUT2D eigenvalue weighted by Crippen LogP contribution is -2.47. The molecule has 0 unspecified atom stereocenters. The fourth-order valence-electron chi connectivity index (χ4n) is 3.89. The Bertz CT molecular complexity index is 1260. The van der Waals surface area contributed by atoms with E-state index in [4.69, 9.17) is 10.8 Å². The number of rotatable bonds is 6. The molecule has 5 rings (SSSR count). The van der Waals surface area contributed by atoms with Crippen LogP contribution in [0.4, 0.5) is 5.82 Å². The first-order valence-corrected chi connectivity index (χ1v) is 12.3. The van der Waals surface area contributed by atoms with E-state index in [0.717, 1.165) is 61.7 Å². The Morgan fingerprint density at radius 2 is 1.84 bits per heavy atom. The Balaban J connectivity index is 1.11. The molecule has 31 heavy (non-hydrogen) atoms. The zero-order valence-corrected chi connectivity index (χ0v) is 18.7. The second kappa shape index (κ2) is 8.86. The minimum Gasteiger partial charge on any atom is -0.354 e. The van der Waals surface area contributed by atoms with Crippen LogP contribution in [0.2, 0.25) is 0 Å². The average molecular weight is 453 g/mol. The summed E-state index contributed by atoms with van der Waals surface area (Å²) in [7, 11) is 0. The van der Waals surface area contributed by atoms with Gasteiger partial charge < -0.3 is 10.7 Å². The summed E-state index contributed by atoms with van der Waals surface area (Å²) in [6.45, 7) is 5.05. The van der Waals surface area contributed by atoms with Crippen LogP contribution < -0.4 is 16.3 Å². The molecule has 0 spiro atoms. The van der Waals surface area contributed by atoms with Gasteiger partial charge in [-0.1, -0.05) is 30.0 Å². The maximum atomic E-state index is 12.3. The van der Waals surface area contributed by atoms with Gasteiger partial charge in [-0.3, -0.25) is 9.69 Å². The number of pyridine rings is 1. The molecule has 0 radical (unpaired) electrons. The predicted octanol–water partition coefficient (Wildman–Crippen LogP) is 3.02. The van der Waals surface area contributed by atoms with Crippen molar-refractivity contribution in [1.82, 2.24) is 19.5 Å². The third-order valence-electron chi connectivity index (χ3n) is 5.61. The number of benzene rings is 1. The zero-order valence-electron chi connectivity index (χ0n) is 17.1. The quantitative estimate of drug-likeness (QED) is 0.208. The van der Waals surface area contributed by atoms with Crippen molar-refractivity contribution in [3.63, 3.8) is 0 Å². The summed E-state index contributed by atoms with van der Waals surface area (Å²) < 4.78 is 1.80. The number of nitrogens with two attached hydrogens (primary N) is 1. The van der Waals surface area contributed by atoms with E-state index in [1.165, 1.54) is 21.4 Å². The molecule has 4 heterocycles. The zero-order chi connectivity index (χ0) is 21.2. The number of nitrogens with zero attached hydrogens (tertiary/aromatic N) is 5. The smallest absolute Gasteiger partial charge is 0.290 e. The van der Waals surface area contributed by atoms with Crippen molar-refractivity contribution in [2.45, 2.75) is 11.6 Å². The molecule has 160 valence electrons. The summed E-state index contributed by atoms with van der Waals surface area (Å²) in [5.41, 5.74) is 1.62. The fraction of sp³-hybridized carbons (Fsp3) is 0.318. The van der Waals surface area contributed by atoms with Crippen molar-refractivity contribution in [3.05, 3.63) is 58.2 Å². The van der Waals surface area contributed by atoms with Crippen molar-refractivity contribution in [1.29, 1.82) is 0 Å². The highest BCUT2D eigenvalue weighted by atomic mass is 32.2. The van der Waals surface area contributed by atoms with Crippen LogP contribution >= 0.6 is 23.1 Å². The largest absolute Gasteiger partial charge is 0.354 e. The Labute approximate surface area is 188 Å². The van der Waals surface area contributed by atoms with E-state index >= 15 is 0 Å². The molecule has 3 aromatic heterocycles. The van der Waals surface area contributed by atoms with Crippen molar-refractivity contribution in [2.75, 3.05) is 49.2 Å². The summed E-state index contributed by atoms with van der Waals surface area (Å²) in [6, 6.07) is 14.4. The average Bonchev–Trinajstić information content (AvgIpc) is 3.28. The molecule has 1 aromatic carbocycles. The molecule has 7 nitrogen and oxygen atoms in total. The van der Waals surface area contributed by atoms with Gasteiger partial charge in [0, 0.05) is 37.3 Å². The van der Waals surface area contributed by atoms with Gasteiger partial charge in [-0.2, -0.15) is 0 Å². The minimum atomic E-state index is -0.166. The second-order valence-electron chi connectivity index (χ2n) is 7.60. The minimum absolute atomic E-state index is 0.166. The molecule has 1 aliphatic heterocycles. The number of thioether (sulfide) groups is 1. The Kier molecular flexibility index (Phi) is 5.80. The molecule has 0 atom stereocenters. The molecule has 1 aliphatic rings. The summed E-state index contributed by atoms with van der Waals surface area (Å²) in [6.07, 6.45) is 1.02. The topological polar surface area (TPSA) is 80.3 Å². The maximum absolute atomic E-state index is 12.3. The van der Waals surface area contributed by atoms with Crippen molar-refractivity contribution < 1.29 is 0 Å². The number of anilines is 1. The van der Waals surface area contributed by atoms with Crippen LogP contribution in [0.1, 0.15) is 6.42 Å². The number of piperazine rings is 1. The number of hydrogen-bond donors (Lipinski definition) is 1. The Morgan fingerprint density at radius 3 is 2.71 bits per heavy atom. The highest BCUT2D eigenvalue weighted by molar-refractivity contribution is 7.99. The molecular weight excluding hydrogens is 428 g/mol. The second-order valence-corrected chi connectivity index (χ2v) is 9.58. The molecule has 9 heteroatoms. The van der Waals surface area contributed by atoms with Crippen LogP contribution in [0, 0.1) is 0 Å². The van der Waals surface area contributed by atoms with E-state index in [1.54, 1.807) is 11.8 Å². The summed E-state index contributed by atoms with van der Waals surface area (Å²) in [5, 5.41) is 3.64. The van der Waals surface area contributed by atoms with Crippen LogP contribution in [-0.2, 0) is 0 Å². The summed E-state index contributed by atoms with van der Waals surface area (Å²) in [4.78, 5) is 26.5. The Morgan fingerprint density at radius 1 is 1.00 bits per heavy atom. The SMILES string of the molecule is Nn1c(SCCCN2CCN(c3ccc4ccccc4n3)CC2)nc2ccsc2c1=O. The standard InChI is InChI=1S/C22H24N6OS2/c23-28-21(29)20-18(8-15-30-20)25-22(28)31-14-3-9-26-10-12-27(13-11-26)19-7-6-16-4-1-2-5-17(16)24-19/h1-2,4-8,15H,3,9-14,23H2. The van der Waals surface area contributed by atoms with E-state index < -0.39 is 0 Å². The molecule has 0 amide bonds. The van der Waals surface area contributed by atoms with Crippen LogP contribution in [-0.4, -0.2) is 58.0 Å². The number of thiophene rings is 1. The van der Waals surface area contributed by atoms with E-state index in [9.17, 15) is 4.79 Å². The molecule has 0 bridgehead atoms. The van der Waals surface area contributed by atoms with Crippen LogP contribution in [0.5, 0.6) is 0 Å². The monoisotopic (exact) mass is 452 g/mol. The molecule has 1 fully saturated rings. The van der Waals surface area contributed by atoms with Crippen molar-refractivity contribution >= 4 is 50.0 Å². The van der Waals surface area contributed by atoms with Crippen LogP contribution in [0.25, 0.3) is 21.1 Å². The van der Waals surface area contributed by atoms with E-state index in [0.29, 0.717) is 9.86 Å². The number of para-hydroxylation sites is 1. The predicted molar refractivity (Wildman–Crippen MR) is 130 cm³/mol. The first-order valence-electron chi connectivity index (χ1n) is 10.4. The third kappa shape index (κ3) is 4.26. The first-order chi connectivity index (χ1) is 15.2. The highest BCUT2D eigenvalue weighted by Gasteiger charge is 2.18. The van der Waals surface area contributed by atoms with Gasteiger partial charge in [0.15, 0.2) is 5.16 Å². The third-order valence-corrected chi connectivity index (χ3v) is 7.54. The molecular formula is C22H24N6OS2. The lowest BCUT2D eigenvalue weighted by Gasteiger charge is -2.35. The van der Waals surface area contributed by atoms with Gasteiger partial charge in [-0.15, -0.1) is 11.3 Å². The van der Waals surface area contributed by atoms with Gasteiger partial charge >= 0.3 is 0 Å². The van der Waals surface area contributed by atoms with Crippen LogP contribution in [0.3, 0.4) is 0 Å². The number of hydrogen-bond acceptors (Lipinski definition) is 8. The molecule has 2 N–H and O–H groups in total. The fourth-order valence-corrected chi connectivity index (χ4v) is 5.50. The Hall–Kier alpha value is -2.62. The van der Waals surface area contributed by atoms with Gasteiger partial charge in [0.1, 0.15) is 10.5 Å². The molecule has 4 aromatic rings. The molecule has 0 saturated carbocycles. The molecule has 0 aliphatic carbocycles. The van der Waals surface area contributed by atoms with Crippen molar-refractivity contribution in [2.24, 2.45) is 0 Å². The summed E-state index contributed by atoms with van der Waals surface area (Å²) >= 11 is 2.93. The van der Waals surface area contributed by atoms with Crippen LogP contribution in [0.15, 0.2) is 57.8 Å². The number of fused-ring (bicyclic) bond motifs is 2. The van der Waals surface area contributed by atoms with E-state index in [-0.39, 0.29) is 5.56 Å². The van der Waals surface area contributed by atoms with Gasteiger partial charge in [-0.05, 0) is 42.6 Å². The van der Waals surface area contributed by atoms with Gasteiger partial charge in [0.2, 0.25) is 0 Å². The summed E-state index contributed by atoms with van der Waals surface area (Å²) in [5.74, 6) is 7.88. The van der Waals surface area contributed by atoms with Gasteiger partial charge in [0.25, 0.3) is 5.56 Å². The van der Waals surface area contributed by atoms with E-state index in [2.05, 4.69) is 39.0 Å². The van der Waals surface area contributed by atoms with E-state index in [1.807, 2.05) is 23.6 Å². The van der Waals surface area contributed by atoms with Gasteiger partial charge in [-0.25, -0.2) is 14.6 Å². The highest BCUT2D eigenvalue weighted by Crippen LogP contribution is 2.21. The van der Waals surface area contributed by atoms with Gasteiger partial charge in [0.05, 0.1) is 11.0 Å². The maximum Gasteiger partial charge on any atom is 0.290 e.